The standard InChI is InChI=1S/C20H24N2O5/c1-6-26-19(24)16-12(3)17(21-13(16)4)20(25)27-14(5)18(23)22-15-10-8-7-9-11(15)2/h7-10,14,21H,6H2,1-5H3,(H,22,23). The van der Waals surface area contributed by atoms with Crippen molar-refractivity contribution in [2.24, 2.45) is 0 Å². The number of carbonyl (C=O) groups excluding carboxylic acids is 3. The monoisotopic (exact) mass is 372 g/mol. The van der Waals surface area contributed by atoms with Crippen LogP contribution in [-0.2, 0) is 14.3 Å². The molecule has 1 amide bonds. The van der Waals surface area contributed by atoms with Crippen LogP contribution in [0, 0.1) is 20.8 Å². The molecule has 7 nitrogen and oxygen atoms in total. The second-order valence-corrected chi connectivity index (χ2v) is 6.20. The number of hydrogen-bond acceptors (Lipinski definition) is 5. The predicted octanol–water partition coefficient (Wildman–Crippen LogP) is 3.30. The average Bonchev–Trinajstić information content (AvgIpc) is 2.91. The molecule has 0 fully saturated rings. The molecule has 1 aromatic carbocycles. The number of aromatic nitrogens is 1. The summed E-state index contributed by atoms with van der Waals surface area (Å²) >= 11 is 0. The van der Waals surface area contributed by atoms with Crippen molar-refractivity contribution in [3.05, 3.63) is 52.3 Å². The van der Waals surface area contributed by atoms with Gasteiger partial charge < -0.3 is 19.8 Å². The Morgan fingerprint density at radius 3 is 2.41 bits per heavy atom. The SMILES string of the molecule is CCOC(=O)c1c(C)[nH]c(C(=O)OC(C)C(=O)Nc2ccccc2C)c1C. The molecule has 0 aliphatic carbocycles. The summed E-state index contributed by atoms with van der Waals surface area (Å²) in [4.78, 5) is 39.6. The number of benzene rings is 1. The van der Waals surface area contributed by atoms with E-state index in [2.05, 4.69) is 10.3 Å². The van der Waals surface area contributed by atoms with Crippen LogP contribution in [0.2, 0.25) is 0 Å². The van der Waals surface area contributed by atoms with E-state index in [1.807, 2.05) is 19.1 Å². The number of para-hydroxylation sites is 1. The number of aromatic amines is 1. The normalized spacial score (nSPS) is 11.6. The quantitative estimate of drug-likeness (QED) is 0.758. The largest absolute Gasteiger partial charge is 0.462 e. The number of esters is 2. The van der Waals surface area contributed by atoms with Gasteiger partial charge in [-0.3, -0.25) is 4.79 Å². The highest BCUT2D eigenvalue weighted by Gasteiger charge is 2.26. The van der Waals surface area contributed by atoms with Gasteiger partial charge in [0, 0.05) is 11.4 Å². The first-order chi connectivity index (χ1) is 12.8. The van der Waals surface area contributed by atoms with Crippen molar-refractivity contribution in [3.63, 3.8) is 0 Å². The van der Waals surface area contributed by atoms with Gasteiger partial charge in [0.2, 0.25) is 0 Å². The molecule has 0 spiro atoms. The number of hydrogen-bond donors (Lipinski definition) is 2. The van der Waals surface area contributed by atoms with Crippen molar-refractivity contribution in [2.45, 2.75) is 40.7 Å². The van der Waals surface area contributed by atoms with E-state index in [4.69, 9.17) is 9.47 Å². The molecule has 1 aromatic heterocycles. The minimum atomic E-state index is -1.01. The van der Waals surface area contributed by atoms with Crippen molar-refractivity contribution in [1.29, 1.82) is 0 Å². The third-order valence-corrected chi connectivity index (χ3v) is 4.18. The lowest BCUT2D eigenvalue weighted by atomic mass is 10.1. The molecule has 144 valence electrons. The van der Waals surface area contributed by atoms with Crippen molar-refractivity contribution in [1.82, 2.24) is 4.98 Å². The lowest BCUT2D eigenvalue weighted by molar-refractivity contribution is -0.123. The maximum absolute atomic E-state index is 12.5. The maximum atomic E-state index is 12.5. The fourth-order valence-corrected chi connectivity index (χ4v) is 2.68. The Morgan fingerprint density at radius 2 is 1.78 bits per heavy atom. The number of anilines is 1. The van der Waals surface area contributed by atoms with Crippen molar-refractivity contribution >= 4 is 23.5 Å². The van der Waals surface area contributed by atoms with Crippen LogP contribution in [0.5, 0.6) is 0 Å². The number of amides is 1. The molecule has 0 radical (unpaired) electrons. The van der Waals surface area contributed by atoms with E-state index >= 15 is 0 Å². The molecule has 0 saturated carbocycles. The number of ether oxygens (including phenoxy) is 2. The third kappa shape index (κ3) is 4.55. The van der Waals surface area contributed by atoms with E-state index in [-0.39, 0.29) is 12.3 Å². The van der Waals surface area contributed by atoms with Crippen LogP contribution in [0.25, 0.3) is 0 Å². The molecule has 2 N–H and O–H groups in total. The van der Waals surface area contributed by atoms with E-state index in [1.165, 1.54) is 6.92 Å². The molecule has 0 aliphatic heterocycles. The molecule has 2 aromatic rings. The van der Waals surface area contributed by atoms with Crippen LogP contribution in [0.4, 0.5) is 5.69 Å². The molecule has 7 heteroatoms. The van der Waals surface area contributed by atoms with E-state index in [0.29, 0.717) is 22.5 Å². The summed E-state index contributed by atoms with van der Waals surface area (Å²) < 4.78 is 10.3. The number of rotatable bonds is 6. The van der Waals surface area contributed by atoms with Crippen LogP contribution in [0.1, 0.15) is 51.5 Å². The summed E-state index contributed by atoms with van der Waals surface area (Å²) in [7, 11) is 0. The molecule has 1 unspecified atom stereocenters. The van der Waals surface area contributed by atoms with Gasteiger partial charge in [0.1, 0.15) is 5.69 Å². The zero-order chi connectivity index (χ0) is 20.1. The number of nitrogens with one attached hydrogen (secondary N) is 2. The zero-order valence-corrected chi connectivity index (χ0v) is 16.1. The fraction of sp³-hybridized carbons (Fsp3) is 0.350. The highest BCUT2D eigenvalue weighted by atomic mass is 16.5. The highest BCUT2D eigenvalue weighted by molar-refractivity contribution is 6.00. The minimum absolute atomic E-state index is 0.131. The summed E-state index contributed by atoms with van der Waals surface area (Å²) in [6, 6.07) is 7.31. The number of aryl methyl sites for hydroxylation is 2. The molecular formula is C20H24N2O5. The Balaban J connectivity index is 2.10. The van der Waals surface area contributed by atoms with Crippen molar-refractivity contribution in [3.8, 4) is 0 Å². The molecule has 0 aliphatic rings. The maximum Gasteiger partial charge on any atom is 0.355 e. The molecule has 2 rings (SSSR count). The first kappa shape index (κ1) is 20.2. The zero-order valence-electron chi connectivity index (χ0n) is 16.1. The van der Waals surface area contributed by atoms with Crippen molar-refractivity contribution in [2.75, 3.05) is 11.9 Å². The van der Waals surface area contributed by atoms with Gasteiger partial charge in [-0.15, -0.1) is 0 Å². The summed E-state index contributed by atoms with van der Waals surface area (Å²) in [5.41, 5.74) is 2.94. The van der Waals surface area contributed by atoms with Gasteiger partial charge in [0.05, 0.1) is 12.2 Å². The molecule has 0 saturated heterocycles. The predicted molar refractivity (Wildman–Crippen MR) is 101 cm³/mol. The summed E-state index contributed by atoms with van der Waals surface area (Å²) in [6.07, 6.45) is -1.01. The summed E-state index contributed by atoms with van der Waals surface area (Å²) in [6.45, 7) is 8.60. The Hall–Kier alpha value is -3.09. The van der Waals surface area contributed by atoms with E-state index < -0.39 is 23.9 Å². The smallest absolute Gasteiger partial charge is 0.355 e. The van der Waals surface area contributed by atoms with Gasteiger partial charge >= 0.3 is 11.9 Å². The first-order valence-electron chi connectivity index (χ1n) is 8.70. The van der Waals surface area contributed by atoms with Crippen LogP contribution in [0.15, 0.2) is 24.3 Å². The summed E-state index contributed by atoms with van der Waals surface area (Å²) in [5.74, 6) is -1.66. The second-order valence-electron chi connectivity index (χ2n) is 6.20. The highest BCUT2D eigenvalue weighted by Crippen LogP contribution is 2.20. The van der Waals surface area contributed by atoms with Crippen LogP contribution in [-0.4, -0.2) is 35.5 Å². The third-order valence-electron chi connectivity index (χ3n) is 4.18. The Morgan fingerprint density at radius 1 is 1.11 bits per heavy atom. The Bertz CT molecular complexity index is 869. The second kappa shape index (κ2) is 8.53. The van der Waals surface area contributed by atoms with Gasteiger partial charge in [-0.25, -0.2) is 9.59 Å². The molecule has 27 heavy (non-hydrogen) atoms. The molecule has 0 bridgehead atoms. The number of carbonyl (C=O) groups is 3. The van der Waals surface area contributed by atoms with Gasteiger partial charge in [0.25, 0.3) is 5.91 Å². The van der Waals surface area contributed by atoms with Gasteiger partial charge in [-0.05, 0) is 51.8 Å². The lowest BCUT2D eigenvalue weighted by Gasteiger charge is -2.14. The molecule has 1 heterocycles. The van der Waals surface area contributed by atoms with Gasteiger partial charge in [-0.1, -0.05) is 18.2 Å². The van der Waals surface area contributed by atoms with Gasteiger partial charge in [-0.2, -0.15) is 0 Å². The average molecular weight is 372 g/mol. The first-order valence-corrected chi connectivity index (χ1v) is 8.70. The van der Waals surface area contributed by atoms with E-state index in [9.17, 15) is 14.4 Å². The van der Waals surface area contributed by atoms with E-state index in [0.717, 1.165) is 5.56 Å². The Labute approximate surface area is 158 Å². The minimum Gasteiger partial charge on any atom is -0.462 e. The van der Waals surface area contributed by atoms with Crippen LogP contribution in [0.3, 0.4) is 0 Å². The molecule has 1 atom stereocenters. The summed E-state index contributed by atoms with van der Waals surface area (Å²) in [5, 5.41) is 2.73. The van der Waals surface area contributed by atoms with Crippen LogP contribution < -0.4 is 5.32 Å². The molecular weight excluding hydrogens is 348 g/mol. The van der Waals surface area contributed by atoms with E-state index in [1.54, 1.807) is 32.9 Å². The Kier molecular flexibility index (Phi) is 6.39. The lowest BCUT2D eigenvalue weighted by Crippen LogP contribution is -2.30. The fourth-order valence-electron chi connectivity index (χ4n) is 2.68. The van der Waals surface area contributed by atoms with Gasteiger partial charge in [0.15, 0.2) is 6.10 Å². The van der Waals surface area contributed by atoms with Crippen LogP contribution >= 0.6 is 0 Å². The topological polar surface area (TPSA) is 97.5 Å². The number of H-pyrrole nitrogens is 1. The van der Waals surface area contributed by atoms with Crippen molar-refractivity contribution < 1.29 is 23.9 Å².